The standard InChI is InChI=1S/C21H24N4O5S/c1-22-17(26)9-12-6-7-16(15(8-12)19(29)13-4-2-3-5-13)24-20(30)25-21-23-14(11-31-21)10-18(27)28/h6-8,11,13H,2-5,9-10H2,1H3,(H,22,26)(H,27,28)(H2,23,24,25,30). The van der Waals surface area contributed by atoms with Gasteiger partial charge in [0.25, 0.3) is 0 Å². The van der Waals surface area contributed by atoms with Crippen LogP contribution in [0.1, 0.15) is 47.3 Å². The van der Waals surface area contributed by atoms with Gasteiger partial charge in [0.05, 0.1) is 24.2 Å². The first-order valence-corrected chi connectivity index (χ1v) is 10.9. The van der Waals surface area contributed by atoms with Crippen molar-refractivity contribution >= 4 is 45.8 Å². The molecule has 3 amide bonds. The van der Waals surface area contributed by atoms with Crippen molar-refractivity contribution in [3.05, 3.63) is 40.4 Å². The lowest BCUT2D eigenvalue weighted by atomic mass is 9.93. The van der Waals surface area contributed by atoms with Crippen LogP contribution in [0.4, 0.5) is 15.6 Å². The van der Waals surface area contributed by atoms with Crippen LogP contribution in [0.2, 0.25) is 0 Å². The van der Waals surface area contributed by atoms with Crippen molar-refractivity contribution in [3.8, 4) is 0 Å². The van der Waals surface area contributed by atoms with Crippen molar-refractivity contribution in [2.45, 2.75) is 38.5 Å². The van der Waals surface area contributed by atoms with Gasteiger partial charge >= 0.3 is 12.0 Å². The monoisotopic (exact) mass is 444 g/mol. The summed E-state index contributed by atoms with van der Waals surface area (Å²) in [5.74, 6) is -1.30. The second kappa shape index (κ2) is 10.2. The van der Waals surface area contributed by atoms with Gasteiger partial charge in [0.2, 0.25) is 5.91 Å². The Morgan fingerprint density at radius 3 is 2.55 bits per heavy atom. The van der Waals surface area contributed by atoms with E-state index in [4.69, 9.17) is 5.11 Å². The van der Waals surface area contributed by atoms with Gasteiger partial charge in [0.15, 0.2) is 10.9 Å². The van der Waals surface area contributed by atoms with Crippen molar-refractivity contribution in [1.29, 1.82) is 0 Å². The zero-order valence-electron chi connectivity index (χ0n) is 17.1. The highest BCUT2D eigenvalue weighted by atomic mass is 32.1. The maximum atomic E-state index is 13.1. The molecule has 3 rings (SSSR count). The third-order valence-electron chi connectivity index (χ3n) is 5.07. The number of aromatic nitrogens is 1. The number of nitrogens with zero attached hydrogens (tertiary/aromatic N) is 1. The number of likely N-dealkylation sites (N-methyl/N-ethyl adjacent to an activating group) is 1. The van der Waals surface area contributed by atoms with Gasteiger partial charge in [-0.25, -0.2) is 9.78 Å². The molecule has 1 aromatic carbocycles. The number of rotatable bonds is 8. The Bertz CT molecular complexity index is 997. The average molecular weight is 445 g/mol. The van der Waals surface area contributed by atoms with Crippen molar-refractivity contribution in [2.75, 3.05) is 17.7 Å². The van der Waals surface area contributed by atoms with Crippen molar-refractivity contribution in [2.24, 2.45) is 5.92 Å². The molecule has 9 nitrogen and oxygen atoms in total. The van der Waals surface area contributed by atoms with Crippen LogP contribution in [0.25, 0.3) is 0 Å². The third kappa shape index (κ3) is 6.11. The summed E-state index contributed by atoms with van der Waals surface area (Å²) in [6.07, 6.45) is 3.54. The first-order chi connectivity index (χ1) is 14.9. The van der Waals surface area contributed by atoms with E-state index in [9.17, 15) is 19.2 Å². The first-order valence-electron chi connectivity index (χ1n) is 9.97. The summed E-state index contributed by atoms with van der Waals surface area (Å²) >= 11 is 1.12. The van der Waals surface area contributed by atoms with Gasteiger partial charge in [-0.15, -0.1) is 11.3 Å². The number of hydrogen-bond donors (Lipinski definition) is 4. The Balaban J connectivity index is 1.77. The van der Waals surface area contributed by atoms with Crippen LogP contribution in [0.3, 0.4) is 0 Å². The second-order valence-electron chi connectivity index (χ2n) is 7.37. The molecule has 0 radical (unpaired) electrons. The summed E-state index contributed by atoms with van der Waals surface area (Å²) in [7, 11) is 1.55. The number of carbonyl (C=O) groups excluding carboxylic acids is 3. The number of carboxylic acid groups (broad SMARTS) is 1. The van der Waals surface area contributed by atoms with E-state index in [1.165, 1.54) is 0 Å². The van der Waals surface area contributed by atoms with Gasteiger partial charge in [0, 0.05) is 23.9 Å². The topological polar surface area (TPSA) is 137 Å². The van der Waals surface area contributed by atoms with Crippen LogP contribution in [0, 0.1) is 5.92 Å². The van der Waals surface area contributed by atoms with E-state index < -0.39 is 12.0 Å². The van der Waals surface area contributed by atoms with Crippen LogP contribution in [0.5, 0.6) is 0 Å². The van der Waals surface area contributed by atoms with Crippen molar-refractivity contribution in [3.63, 3.8) is 0 Å². The molecule has 1 aliphatic carbocycles. The third-order valence-corrected chi connectivity index (χ3v) is 5.88. The molecule has 0 unspecified atom stereocenters. The van der Waals surface area contributed by atoms with E-state index in [2.05, 4.69) is 20.9 Å². The fourth-order valence-electron chi connectivity index (χ4n) is 3.55. The van der Waals surface area contributed by atoms with Gasteiger partial charge in [-0.1, -0.05) is 18.9 Å². The molecule has 1 aliphatic rings. The van der Waals surface area contributed by atoms with Crippen molar-refractivity contribution in [1.82, 2.24) is 10.3 Å². The number of carboxylic acids is 1. The zero-order chi connectivity index (χ0) is 22.4. The minimum Gasteiger partial charge on any atom is -0.481 e. The molecule has 0 saturated heterocycles. The Labute approximate surface area is 183 Å². The molecule has 10 heteroatoms. The van der Waals surface area contributed by atoms with Gasteiger partial charge in [-0.3, -0.25) is 19.7 Å². The van der Waals surface area contributed by atoms with Crippen LogP contribution in [0.15, 0.2) is 23.6 Å². The number of ketones is 1. The van der Waals surface area contributed by atoms with E-state index in [-0.39, 0.29) is 35.6 Å². The molecule has 0 aliphatic heterocycles. The Hall–Kier alpha value is -3.27. The zero-order valence-corrected chi connectivity index (χ0v) is 17.9. The quantitative estimate of drug-likeness (QED) is 0.462. The number of amides is 3. The summed E-state index contributed by atoms with van der Waals surface area (Å²) in [5.41, 5.74) is 1.78. The Kier molecular flexibility index (Phi) is 7.35. The van der Waals surface area contributed by atoms with Crippen molar-refractivity contribution < 1.29 is 24.3 Å². The molecule has 2 aromatic rings. The molecule has 164 valence electrons. The number of carbonyl (C=O) groups is 4. The summed E-state index contributed by atoms with van der Waals surface area (Å²) in [5, 5.41) is 18.5. The van der Waals surface area contributed by atoms with E-state index in [1.807, 2.05) is 0 Å². The molecule has 1 fully saturated rings. The largest absolute Gasteiger partial charge is 0.481 e. The summed E-state index contributed by atoms with van der Waals surface area (Å²) in [6.45, 7) is 0. The molecule has 0 spiro atoms. The van der Waals surface area contributed by atoms with E-state index in [0.717, 1.165) is 37.0 Å². The fourth-order valence-corrected chi connectivity index (χ4v) is 4.25. The number of urea groups is 1. The number of benzene rings is 1. The lowest BCUT2D eigenvalue weighted by Gasteiger charge is -2.15. The van der Waals surface area contributed by atoms with Gasteiger partial charge < -0.3 is 15.7 Å². The predicted molar refractivity (Wildman–Crippen MR) is 117 cm³/mol. The molecule has 31 heavy (non-hydrogen) atoms. The fraction of sp³-hybridized carbons (Fsp3) is 0.381. The molecule has 0 atom stereocenters. The molecule has 1 saturated carbocycles. The van der Waals surface area contributed by atoms with Gasteiger partial charge in [-0.2, -0.15) is 0 Å². The van der Waals surface area contributed by atoms with Gasteiger partial charge in [-0.05, 0) is 30.5 Å². The van der Waals surface area contributed by atoms with E-state index >= 15 is 0 Å². The normalized spacial score (nSPS) is 13.6. The van der Waals surface area contributed by atoms with Gasteiger partial charge in [0.1, 0.15) is 0 Å². The highest BCUT2D eigenvalue weighted by Crippen LogP contribution is 2.31. The molecular weight excluding hydrogens is 420 g/mol. The summed E-state index contributed by atoms with van der Waals surface area (Å²) < 4.78 is 0. The van der Waals surface area contributed by atoms with Crippen LogP contribution in [-0.2, 0) is 22.4 Å². The van der Waals surface area contributed by atoms with E-state index in [1.54, 1.807) is 30.6 Å². The predicted octanol–water partition coefficient (Wildman–Crippen LogP) is 3.08. The second-order valence-corrected chi connectivity index (χ2v) is 8.23. The smallest absolute Gasteiger partial charge is 0.325 e. The van der Waals surface area contributed by atoms with Crippen LogP contribution >= 0.6 is 11.3 Å². The molecule has 1 aromatic heterocycles. The Morgan fingerprint density at radius 1 is 1.13 bits per heavy atom. The van der Waals surface area contributed by atoms with Crippen LogP contribution in [-0.4, -0.2) is 40.8 Å². The summed E-state index contributed by atoms with van der Waals surface area (Å²) in [4.78, 5) is 52.1. The number of thiazole rings is 1. The Morgan fingerprint density at radius 2 is 1.87 bits per heavy atom. The first kappa shape index (κ1) is 22.4. The molecule has 1 heterocycles. The molecule has 0 bridgehead atoms. The molecule has 4 N–H and O–H groups in total. The maximum absolute atomic E-state index is 13.1. The highest BCUT2D eigenvalue weighted by Gasteiger charge is 2.26. The molecular formula is C21H24N4O5S. The lowest BCUT2D eigenvalue weighted by molar-refractivity contribution is -0.136. The number of hydrogen-bond acceptors (Lipinski definition) is 6. The maximum Gasteiger partial charge on any atom is 0.325 e. The minimum absolute atomic E-state index is 0.0375. The minimum atomic E-state index is -1.01. The van der Waals surface area contributed by atoms with Crippen LogP contribution < -0.4 is 16.0 Å². The number of aliphatic carboxylic acids is 1. The highest BCUT2D eigenvalue weighted by molar-refractivity contribution is 7.14. The lowest BCUT2D eigenvalue weighted by Crippen LogP contribution is -2.23. The number of anilines is 2. The summed E-state index contributed by atoms with van der Waals surface area (Å²) in [6, 6.07) is 4.40. The number of nitrogens with one attached hydrogen (secondary N) is 3. The SMILES string of the molecule is CNC(=O)Cc1ccc(NC(=O)Nc2nc(CC(=O)O)cs2)c(C(=O)C2CCCC2)c1. The average Bonchev–Trinajstić information content (AvgIpc) is 3.40. The number of Topliss-reactive ketones (excluding diaryl/α,β-unsaturated/α-hetero) is 1. The van der Waals surface area contributed by atoms with E-state index in [0.29, 0.717) is 22.5 Å².